The van der Waals surface area contributed by atoms with Gasteiger partial charge in [0.25, 0.3) is 0 Å². The monoisotopic (exact) mass is 303 g/mol. The first-order valence-electron chi connectivity index (χ1n) is 4.63. The van der Waals surface area contributed by atoms with Gasteiger partial charge in [0.05, 0.1) is 18.8 Å². The van der Waals surface area contributed by atoms with Crippen molar-refractivity contribution < 1.29 is 21.6 Å². The molecule has 0 saturated carbocycles. The van der Waals surface area contributed by atoms with Crippen molar-refractivity contribution in [2.75, 3.05) is 13.6 Å². The number of aromatic nitrogens is 2. The van der Waals surface area contributed by atoms with E-state index in [1.807, 2.05) is 0 Å². The highest BCUT2D eigenvalue weighted by Crippen LogP contribution is 2.21. The van der Waals surface area contributed by atoms with Gasteiger partial charge in [-0.3, -0.25) is 0 Å². The average molecular weight is 304 g/mol. The minimum Gasteiger partial charge on any atom is -0.225 e. The first-order chi connectivity index (χ1) is 8.13. The number of alkyl halides is 3. The maximum absolute atomic E-state index is 12.0. The van der Waals surface area contributed by atoms with Crippen molar-refractivity contribution in [3.8, 4) is 0 Å². The van der Waals surface area contributed by atoms with Crippen molar-refractivity contribution in [3.63, 3.8) is 0 Å². The smallest absolute Gasteiger partial charge is 0.225 e. The Morgan fingerprint density at radius 2 is 1.83 bits per heavy atom. The Morgan fingerprint density at radius 3 is 2.28 bits per heavy atom. The van der Waals surface area contributed by atoms with Crippen LogP contribution in [0.5, 0.6) is 0 Å². The molecule has 1 aromatic rings. The predicted octanol–water partition coefficient (Wildman–Crippen LogP) is 1.70. The molecule has 1 rings (SSSR count). The third kappa shape index (κ3) is 4.07. The van der Waals surface area contributed by atoms with E-state index in [4.69, 9.17) is 11.6 Å². The summed E-state index contributed by atoms with van der Waals surface area (Å²) in [5.74, 6) is 0. The van der Waals surface area contributed by atoms with Crippen molar-refractivity contribution in [1.29, 1.82) is 0 Å². The molecule has 0 amide bonds. The maximum atomic E-state index is 12.0. The number of hydrogen-bond donors (Lipinski definition) is 0. The Bertz CT molecular complexity index is 503. The molecule has 0 atom stereocenters. The number of hydrogen-bond acceptors (Lipinski definition) is 4. The fourth-order valence-electron chi connectivity index (χ4n) is 1.02. The first-order valence-corrected chi connectivity index (χ1v) is 6.45. The zero-order chi connectivity index (χ0) is 14.0. The summed E-state index contributed by atoms with van der Waals surface area (Å²) in [5.41, 5.74) is 0. The average Bonchev–Trinajstić information content (AvgIpc) is 2.25. The van der Waals surface area contributed by atoms with E-state index in [1.165, 1.54) is 0 Å². The summed E-state index contributed by atoms with van der Waals surface area (Å²) in [4.78, 5) is 6.62. The molecule has 0 fully saturated rings. The van der Waals surface area contributed by atoms with Crippen LogP contribution in [0.25, 0.3) is 0 Å². The second-order valence-corrected chi connectivity index (χ2v) is 5.76. The summed E-state index contributed by atoms with van der Waals surface area (Å²) >= 11 is 5.38. The topological polar surface area (TPSA) is 63.2 Å². The quantitative estimate of drug-likeness (QED) is 0.794. The van der Waals surface area contributed by atoms with Crippen molar-refractivity contribution in [1.82, 2.24) is 14.3 Å². The van der Waals surface area contributed by atoms with E-state index in [-0.39, 0.29) is 10.2 Å². The molecule has 0 spiro atoms. The maximum Gasteiger partial charge on any atom is 0.390 e. The standard InChI is InChI=1S/C8H9ClF3N3O2S/c1-15(3-2-8(10,11)12)18(16,17)6-4-13-7(9)14-5-6/h4-5H,2-3H2,1H3. The number of nitrogens with zero attached hydrogens (tertiary/aromatic N) is 3. The molecule has 1 aromatic heterocycles. The molecular formula is C8H9ClF3N3O2S. The molecule has 0 radical (unpaired) electrons. The number of rotatable bonds is 4. The van der Waals surface area contributed by atoms with Crippen LogP contribution in [0.1, 0.15) is 6.42 Å². The molecule has 5 nitrogen and oxygen atoms in total. The minimum absolute atomic E-state index is 0.146. The van der Waals surface area contributed by atoms with Crippen LogP contribution in [0.4, 0.5) is 13.2 Å². The van der Waals surface area contributed by atoms with Gasteiger partial charge in [0.2, 0.25) is 15.3 Å². The summed E-state index contributed by atoms with van der Waals surface area (Å²) in [6.45, 7) is -0.672. The van der Waals surface area contributed by atoms with E-state index >= 15 is 0 Å². The van der Waals surface area contributed by atoms with Crippen LogP contribution in [0.3, 0.4) is 0 Å². The lowest BCUT2D eigenvalue weighted by Crippen LogP contribution is -2.30. The lowest BCUT2D eigenvalue weighted by Gasteiger charge is -2.17. The summed E-state index contributed by atoms with van der Waals surface area (Å²) in [5, 5.41) is -0.146. The summed E-state index contributed by atoms with van der Waals surface area (Å²) in [7, 11) is -2.98. The Labute approximate surface area is 107 Å². The number of sulfonamides is 1. The fraction of sp³-hybridized carbons (Fsp3) is 0.500. The Kier molecular flexibility index (Phi) is 4.51. The van der Waals surface area contributed by atoms with Crippen LogP contribution < -0.4 is 0 Å². The van der Waals surface area contributed by atoms with E-state index in [9.17, 15) is 21.6 Å². The van der Waals surface area contributed by atoms with Gasteiger partial charge >= 0.3 is 6.18 Å². The van der Waals surface area contributed by atoms with Crippen LogP contribution in [0, 0.1) is 0 Å². The minimum atomic E-state index is -4.42. The van der Waals surface area contributed by atoms with Gasteiger partial charge in [-0.1, -0.05) is 0 Å². The van der Waals surface area contributed by atoms with E-state index in [2.05, 4.69) is 9.97 Å². The summed E-state index contributed by atoms with van der Waals surface area (Å²) in [6, 6.07) is 0. The van der Waals surface area contributed by atoms with Crippen LogP contribution in [0.15, 0.2) is 17.3 Å². The SMILES string of the molecule is CN(CCC(F)(F)F)S(=O)(=O)c1cnc(Cl)nc1. The molecule has 0 unspecified atom stereocenters. The molecule has 0 aromatic carbocycles. The van der Waals surface area contributed by atoms with Crippen LogP contribution in [0.2, 0.25) is 5.28 Å². The molecule has 0 bridgehead atoms. The normalized spacial score (nSPS) is 13.0. The molecule has 0 saturated heterocycles. The Morgan fingerprint density at radius 1 is 1.33 bits per heavy atom. The van der Waals surface area contributed by atoms with E-state index in [0.717, 1.165) is 19.4 Å². The molecule has 10 heteroatoms. The first kappa shape index (κ1) is 15.1. The van der Waals surface area contributed by atoms with Crippen molar-refractivity contribution >= 4 is 21.6 Å². The van der Waals surface area contributed by atoms with Crippen molar-refractivity contribution in [2.24, 2.45) is 0 Å². The van der Waals surface area contributed by atoms with Gasteiger partial charge in [-0.15, -0.1) is 0 Å². The van der Waals surface area contributed by atoms with E-state index in [1.54, 1.807) is 0 Å². The van der Waals surface area contributed by atoms with Crippen molar-refractivity contribution in [3.05, 3.63) is 17.7 Å². The number of halogens is 4. The molecule has 0 aliphatic rings. The Hall–Kier alpha value is -0.930. The van der Waals surface area contributed by atoms with Crippen molar-refractivity contribution in [2.45, 2.75) is 17.5 Å². The van der Waals surface area contributed by atoms with Gasteiger partial charge in [-0.2, -0.15) is 13.2 Å². The second-order valence-electron chi connectivity index (χ2n) is 3.38. The third-order valence-electron chi connectivity index (χ3n) is 2.01. The fourth-order valence-corrected chi connectivity index (χ4v) is 2.18. The lowest BCUT2D eigenvalue weighted by atomic mass is 10.4. The predicted molar refractivity (Wildman–Crippen MR) is 57.5 cm³/mol. The van der Waals surface area contributed by atoms with E-state index < -0.39 is 29.2 Å². The summed E-state index contributed by atoms with van der Waals surface area (Å²) < 4.78 is 60.2. The highest BCUT2D eigenvalue weighted by molar-refractivity contribution is 7.89. The zero-order valence-corrected chi connectivity index (χ0v) is 10.7. The highest BCUT2D eigenvalue weighted by atomic mass is 35.5. The van der Waals surface area contributed by atoms with Gasteiger partial charge in [0, 0.05) is 13.6 Å². The van der Waals surface area contributed by atoms with E-state index in [0.29, 0.717) is 4.31 Å². The summed E-state index contributed by atoms with van der Waals surface area (Å²) in [6.07, 6.45) is -3.76. The van der Waals surface area contributed by atoms with Crippen LogP contribution in [-0.2, 0) is 10.0 Å². The molecule has 18 heavy (non-hydrogen) atoms. The third-order valence-corrected chi connectivity index (χ3v) is 4.02. The molecule has 1 heterocycles. The van der Waals surface area contributed by atoms with Crippen LogP contribution >= 0.6 is 11.6 Å². The van der Waals surface area contributed by atoms with Gasteiger partial charge in [0.15, 0.2) is 0 Å². The highest BCUT2D eigenvalue weighted by Gasteiger charge is 2.30. The molecule has 0 aliphatic carbocycles. The van der Waals surface area contributed by atoms with Gasteiger partial charge < -0.3 is 0 Å². The second kappa shape index (κ2) is 5.37. The zero-order valence-electron chi connectivity index (χ0n) is 9.15. The van der Waals surface area contributed by atoms with Crippen LogP contribution in [-0.4, -0.2) is 42.5 Å². The van der Waals surface area contributed by atoms with Gasteiger partial charge in [-0.05, 0) is 11.6 Å². The van der Waals surface area contributed by atoms with Gasteiger partial charge in [0.1, 0.15) is 4.90 Å². The Balaban J connectivity index is 2.83. The lowest BCUT2D eigenvalue weighted by molar-refractivity contribution is -0.135. The molecular weight excluding hydrogens is 295 g/mol. The molecule has 0 aliphatic heterocycles. The molecule has 102 valence electrons. The van der Waals surface area contributed by atoms with Gasteiger partial charge in [-0.25, -0.2) is 22.7 Å². The largest absolute Gasteiger partial charge is 0.390 e. The molecule has 0 N–H and O–H groups in total.